The maximum Gasteiger partial charge on any atom is 0.120 e. The summed E-state index contributed by atoms with van der Waals surface area (Å²) < 4.78 is 5.94. The largest absolute Gasteiger partial charge is 0.497 e. The Labute approximate surface area is 86.7 Å². The summed E-state index contributed by atoms with van der Waals surface area (Å²) in [7, 11) is 1.62. The summed E-state index contributed by atoms with van der Waals surface area (Å²) in [5.74, 6) is 0.791. The van der Waals surface area contributed by atoms with Gasteiger partial charge in [-0.25, -0.2) is 0 Å². The molecule has 0 saturated heterocycles. The topological polar surface area (TPSA) is 29.5 Å². The van der Waals surface area contributed by atoms with Crippen molar-refractivity contribution in [1.29, 1.82) is 0 Å². The van der Waals surface area contributed by atoms with Gasteiger partial charge in [-0.2, -0.15) is 0 Å². The number of benzene rings is 1. The molecule has 1 atom stereocenters. The van der Waals surface area contributed by atoms with Gasteiger partial charge in [0.25, 0.3) is 0 Å². The first-order valence-electron chi connectivity index (χ1n) is 4.20. The standard InChI is InChI=1S/C10H13BrO2/c1-3-10(12)8-5-4-7(13-2)6-9(8)11/h4-6,10,12H,3H2,1-2H3/t10-/m1/s1. The highest BCUT2D eigenvalue weighted by Crippen LogP contribution is 2.28. The van der Waals surface area contributed by atoms with E-state index in [0.717, 1.165) is 15.8 Å². The van der Waals surface area contributed by atoms with Crippen LogP contribution in [0.15, 0.2) is 22.7 Å². The van der Waals surface area contributed by atoms with E-state index in [1.54, 1.807) is 7.11 Å². The summed E-state index contributed by atoms with van der Waals surface area (Å²) in [6.07, 6.45) is 0.311. The lowest BCUT2D eigenvalue weighted by Gasteiger charge is -2.11. The molecule has 0 radical (unpaired) electrons. The van der Waals surface area contributed by atoms with Gasteiger partial charge < -0.3 is 9.84 Å². The molecule has 0 aromatic heterocycles. The van der Waals surface area contributed by atoms with Gasteiger partial charge in [-0.05, 0) is 24.1 Å². The molecular formula is C10H13BrO2. The van der Waals surface area contributed by atoms with Crippen LogP contribution in [0.3, 0.4) is 0 Å². The van der Waals surface area contributed by atoms with E-state index in [9.17, 15) is 5.11 Å². The lowest BCUT2D eigenvalue weighted by molar-refractivity contribution is 0.173. The number of rotatable bonds is 3. The van der Waals surface area contributed by atoms with E-state index in [2.05, 4.69) is 15.9 Å². The van der Waals surface area contributed by atoms with Gasteiger partial charge in [0, 0.05) is 4.47 Å². The van der Waals surface area contributed by atoms with Crippen LogP contribution in [0.25, 0.3) is 0 Å². The van der Waals surface area contributed by atoms with Crippen molar-refractivity contribution in [2.45, 2.75) is 19.4 Å². The van der Waals surface area contributed by atoms with Gasteiger partial charge in [0.2, 0.25) is 0 Å². The molecule has 2 nitrogen and oxygen atoms in total. The van der Waals surface area contributed by atoms with Gasteiger partial charge >= 0.3 is 0 Å². The highest BCUT2D eigenvalue weighted by atomic mass is 79.9. The molecule has 0 fully saturated rings. The number of halogens is 1. The van der Waals surface area contributed by atoms with Crippen LogP contribution in [-0.2, 0) is 0 Å². The molecule has 1 aromatic rings. The maximum atomic E-state index is 9.60. The Morgan fingerprint density at radius 1 is 1.54 bits per heavy atom. The zero-order valence-corrected chi connectivity index (χ0v) is 9.34. The summed E-state index contributed by atoms with van der Waals surface area (Å²) in [6.45, 7) is 1.95. The van der Waals surface area contributed by atoms with Gasteiger partial charge in [0.1, 0.15) is 5.75 Å². The lowest BCUT2D eigenvalue weighted by atomic mass is 10.1. The van der Waals surface area contributed by atoms with Crippen molar-refractivity contribution in [2.75, 3.05) is 7.11 Å². The van der Waals surface area contributed by atoms with Gasteiger partial charge in [-0.15, -0.1) is 0 Å². The van der Waals surface area contributed by atoms with Crippen molar-refractivity contribution in [2.24, 2.45) is 0 Å². The van der Waals surface area contributed by atoms with E-state index >= 15 is 0 Å². The van der Waals surface area contributed by atoms with Crippen molar-refractivity contribution in [3.8, 4) is 5.75 Å². The van der Waals surface area contributed by atoms with Crippen molar-refractivity contribution in [1.82, 2.24) is 0 Å². The first kappa shape index (κ1) is 10.5. The van der Waals surface area contributed by atoms with Crippen molar-refractivity contribution in [3.05, 3.63) is 28.2 Å². The predicted octanol–water partition coefficient (Wildman–Crippen LogP) is 2.90. The molecule has 0 aliphatic heterocycles. The monoisotopic (exact) mass is 244 g/mol. The van der Waals surface area contributed by atoms with E-state index in [4.69, 9.17) is 4.74 Å². The normalized spacial score (nSPS) is 12.6. The van der Waals surface area contributed by atoms with E-state index in [1.807, 2.05) is 25.1 Å². The van der Waals surface area contributed by atoms with Crippen LogP contribution in [0, 0.1) is 0 Å². The second-order valence-corrected chi connectivity index (χ2v) is 3.67. The van der Waals surface area contributed by atoms with Crippen molar-refractivity contribution in [3.63, 3.8) is 0 Å². The molecule has 0 saturated carbocycles. The first-order chi connectivity index (χ1) is 6.19. The van der Waals surface area contributed by atoms with Crippen molar-refractivity contribution < 1.29 is 9.84 Å². The minimum Gasteiger partial charge on any atom is -0.497 e. The van der Waals surface area contributed by atoms with E-state index in [0.29, 0.717) is 6.42 Å². The second kappa shape index (κ2) is 4.63. The minimum absolute atomic E-state index is 0.403. The summed E-state index contributed by atoms with van der Waals surface area (Å²) in [6, 6.07) is 5.57. The molecule has 1 N–H and O–H groups in total. The Hall–Kier alpha value is -0.540. The maximum absolute atomic E-state index is 9.60. The van der Waals surface area contributed by atoms with E-state index in [1.165, 1.54) is 0 Å². The lowest BCUT2D eigenvalue weighted by Crippen LogP contribution is -1.96. The Morgan fingerprint density at radius 3 is 2.69 bits per heavy atom. The highest BCUT2D eigenvalue weighted by Gasteiger charge is 2.09. The molecule has 0 amide bonds. The molecule has 0 bridgehead atoms. The van der Waals surface area contributed by atoms with Crippen LogP contribution in [0.4, 0.5) is 0 Å². The molecule has 3 heteroatoms. The fourth-order valence-electron chi connectivity index (χ4n) is 1.12. The van der Waals surface area contributed by atoms with Crippen molar-refractivity contribution >= 4 is 15.9 Å². The SMILES string of the molecule is CC[C@@H](O)c1ccc(OC)cc1Br. The third-order valence-electron chi connectivity index (χ3n) is 1.95. The van der Waals surface area contributed by atoms with Crippen LogP contribution < -0.4 is 4.74 Å². The third kappa shape index (κ3) is 2.45. The fraction of sp³-hybridized carbons (Fsp3) is 0.400. The number of methoxy groups -OCH3 is 1. The molecule has 0 spiro atoms. The summed E-state index contributed by atoms with van der Waals surface area (Å²) in [5.41, 5.74) is 0.906. The molecular weight excluding hydrogens is 232 g/mol. The van der Waals surface area contributed by atoms with Gasteiger partial charge in [0.15, 0.2) is 0 Å². The zero-order chi connectivity index (χ0) is 9.84. The average Bonchev–Trinajstić information content (AvgIpc) is 2.16. The van der Waals surface area contributed by atoms with Crippen LogP contribution in [-0.4, -0.2) is 12.2 Å². The van der Waals surface area contributed by atoms with E-state index in [-0.39, 0.29) is 0 Å². The molecule has 0 unspecified atom stereocenters. The molecule has 0 aliphatic rings. The van der Waals surface area contributed by atoms with E-state index < -0.39 is 6.10 Å². The van der Waals surface area contributed by atoms with Gasteiger partial charge in [0.05, 0.1) is 13.2 Å². The fourth-order valence-corrected chi connectivity index (χ4v) is 1.75. The Bertz CT molecular complexity index is 286. The third-order valence-corrected chi connectivity index (χ3v) is 2.64. The number of hydrogen-bond donors (Lipinski definition) is 1. The molecule has 0 aliphatic carbocycles. The van der Waals surface area contributed by atoms with Crippen LogP contribution in [0.1, 0.15) is 25.0 Å². The second-order valence-electron chi connectivity index (χ2n) is 2.81. The number of ether oxygens (including phenoxy) is 1. The summed E-state index contributed by atoms with van der Waals surface area (Å²) >= 11 is 3.39. The van der Waals surface area contributed by atoms with Gasteiger partial charge in [-0.3, -0.25) is 0 Å². The van der Waals surface area contributed by atoms with Crippen LogP contribution in [0.5, 0.6) is 5.75 Å². The number of hydrogen-bond acceptors (Lipinski definition) is 2. The highest BCUT2D eigenvalue weighted by molar-refractivity contribution is 9.10. The molecule has 0 heterocycles. The zero-order valence-electron chi connectivity index (χ0n) is 7.75. The van der Waals surface area contributed by atoms with Crippen LogP contribution >= 0.6 is 15.9 Å². The molecule has 1 aromatic carbocycles. The van der Waals surface area contributed by atoms with Gasteiger partial charge in [-0.1, -0.05) is 28.9 Å². The smallest absolute Gasteiger partial charge is 0.120 e. The predicted molar refractivity (Wildman–Crippen MR) is 55.9 cm³/mol. The molecule has 1 rings (SSSR count). The Balaban J connectivity index is 2.98. The summed E-state index contributed by atoms with van der Waals surface area (Å²) in [4.78, 5) is 0. The molecule has 13 heavy (non-hydrogen) atoms. The van der Waals surface area contributed by atoms with Crippen LogP contribution in [0.2, 0.25) is 0 Å². The Kier molecular flexibility index (Phi) is 3.75. The molecule has 72 valence electrons. The quantitative estimate of drug-likeness (QED) is 0.887. The number of aliphatic hydroxyl groups is 1. The number of aliphatic hydroxyl groups excluding tert-OH is 1. The average molecular weight is 245 g/mol. The minimum atomic E-state index is -0.403. The first-order valence-corrected chi connectivity index (χ1v) is 4.99. The Morgan fingerprint density at radius 2 is 2.23 bits per heavy atom. The summed E-state index contributed by atoms with van der Waals surface area (Å²) in [5, 5.41) is 9.60.